The van der Waals surface area contributed by atoms with E-state index in [4.69, 9.17) is 4.52 Å². The fourth-order valence-electron chi connectivity index (χ4n) is 3.35. The van der Waals surface area contributed by atoms with Gasteiger partial charge in [-0.2, -0.15) is 0 Å². The first-order valence-corrected chi connectivity index (χ1v) is 7.78. The van der Waals surface area contributed by atoms with E-state index in [1.165, 1.54) is 12.1 Å². The standard InChI is InChI=1S/C17H17FN2O2/c18-12-7-5-11(6-8-12)14-9-10-20(14)17(21)16-13-3-1-2-4-15(13)22-19-16/h5-8,14H,1-4,9-10H2/t14-/m0/s1. The van der Waals surface area contributed by atoms with E-state index in [1.54, 1.807) is 17.0 Å². The van der Waals surface area contributed by atoms with Crippen molar-refractivity contribution in [1.29, 1.82) is 0 Å². The minimum atomic E-state index is -0.258. The Morgan fingerprint density at radius 2 is 2.00 bits per heavy atom. The first-order chi connectivity index (χ1) is 10.7. The molecule has 1 aliphatic carbocycles. The number of carbonyl (C=O) groups excluding carboxylic acids is 1. The molecular weight excluding hydrogens is 283 g/mol. The maximum Gasteiger partial charge on any atom is 0.276 e. The molecule has 2 aliphatic rings. The lowest BCUT2D eigenvalue weighted by Crippen LogP contribution is -2.45. The highest BCUT2D eigenvalue weighted by Crippen LogP contribution is 2.35. The second-order valence-corrected chi connectivity index (χ2v) is 5.99. The molecule has 1 saturated heterocycles. The second-order valence-electron chi connectivity index (χ2n) is 5.99. The van der Waals surface area contributed by atoms with Crippen LogP contribution >= 0.6 is 0 Å². The number of halogens is 1. The lowest BCUT2D eigenvalue weighted by molar-refractivity contribution is 0.0448. The molecule has 4 nitrogen and oxygen atoms in total. The van der Waals surface area contributed by atoms with Crippen LogP contribution in [0.1, 0.15) is 52.7 Å². The van der Waals surface area contributed by atoms with Crippen LogP contribution in [0.4, 0.5) is 4.39 Å². The van der Waals surface area contributed by atoms with Crippen molar-refractivity contribution in [2.24, 2.45) is 0 Å². The zero-order valence-corrected chi connectivity index (χ0v) is 12.2. The van der Waals surface area contributed by atoms with Crippen molar-refractivity contribution in [2.75, 3.05) is 6.54 Å². The summed E-state index contributed by atoms with van der Waals surface area (Å²) in [4.78, 5) is 14.5. The van der Waals surface area contributed by atoms with Gasteiger partial charge >= 0.3 is 0 Å². The maximum atomic E-state index is 13.0. The summed E-state index contributed by atoms with van der Waals surface area (Å²) < 4.78 is 18.4. The van der Waals surface area contributed by atoms with Crippen LogP contribution in [-0.4, -0.2) is 22.5 Å². The van der Waals surface area contributed by atoms with Crippen molar-refractivity contribution >= 4 is 5.91 Å². The maximum absolute atomic E-state index is 13.0. The highest BCUT2D eigenvalue weighted by atomic mass is 19.1. The fraction of sp³-hybridized carbons (Fsp3) is 0.412. The Bertz CT molecular complexity index is 708. The van der Waals surface area contributed by atoms with Crippen LogP contribution in [0.15, 0.2) is 28.8 Å². The van der Waals surface area contributed by atoms with Crippen molar-refractivity contribution < 1.29 is 13.7 Å². The van der Waals surface area contributed by atoms with E-state index in [0.29, 0.717) is 12.2 Å². The zero-order valence-electron chi connectivity index (χ0n) is 12.2. The van der Waals surface area contributed by atoms with Crippen molar-refractivity contribution in [3.8, 4) is 0 Å². The Hall–Kier alpha value is -2.17. The molecule has 0 saturated carbocycles. The average Bonchev–Trinajstić information content (AvgIpc) is 2.92. The summed E-state index contributed by atoms with van der Waals surface area (Å²) in [6.07, 6.45) is 4.82. The predicted molar refractivity (Wildman–Crippen MR) is 77.9 cm³/mol. The van der Waals surface area contributed by atoms with Gasteiger partial charge in [0, 0.05) is 18.5 Å². The van der Waals surface area contributed by atoms with Gasteiger partial charge in [-0.15, -0.1) is 0 Å². The van der Waals surface area contributed by atoms with Crippen LogP contribution in [0.25, 0.3) is 0 Å². The summed E-state index contributed by atoms with van der Waals surface area (Å²) in [5.41, 5.74) is 2.43. The van der Waals surface area contributed by atoms with Gasteiger partial charge in [0.05, 0.1) is 6.04 Å². The van der Waals surface area contributed by atoms with Gasteiger partial charge in [-0.1, -0.05) is 17.3 Å². The molecule has 0 radical (unpaired) electrons. The van der Waals surface area contributed by atoms with Crippen LogP contribution in [0, 0.1) is 5.82 Å². The molecule has 0 bridgehead atoms. The normalized spacial score (nSPS) is 20.4. The topological polar surface area (TPSA) is 46.3 Å². The number of amides is 1. The number of aromatic nitrogens is 1. The van der Waals surface area contributed by atoms with E-state index in [9.17, 15) is 9.18 Å². The molecule has 0 spiro atoms. The van der Waals surface area contributed by atoms with E-state index in [1.807, 2.05) is 0 Å². The molecule has 2 aromatic rings. The smallest absolute Gasteiger partial charge is 0.276 e. The summed E-state index contributed by atoms with van der Waals surface area (Å²) in [5, 5.41) is 4.02. The molecule has 4 rings (SSSR count). The Kier molecular flexibility index (Phi) is 3.21. The zero-order chi connectivity index (χ0) is 15.1. The van der Waals surface area contributed by atoms with E-state index < -0.39 is 0 Å². The van der Waals surface area contributed by atoms with Crippen molar-refractivity contribution in [1.82, 2.24) is 10.1 Å². The van der Waals surface area contributed by atoms with E-state index in [2.05, 4.69) is 5.16 Å². The average molecular weight is 300 g/mol. The van der Waals surface area contributed by atoms with Crippen LogP contribution in [0.2, 0.25) is 0 Å². The molecule has 22 heavy (non-hydrogen) atoms. The molecule has 1 aromatic heterocycles. The number of carbonyl (C=O) groups is 1. The Morgan fingerprint density at radius 1 is 1.23 bits per heavy atom. The molecule has 0 unspecified atom stereocenters. The van der Waals surface area contributed by atoms with Crippen LogP contribution in [-0.2, 0) is 12.8 Å². The summed E-state index contributed by atoms with van der Waals surface area (Å²) in [5.74, 6) is 0.549. The van der Waals surface area contributed by atoms with Gasteiger partial charge in [-0.3, -0.25) is 4.79 Å². The molecule has 0 N–H and O–H groups in total. The van der Waals surface area contributed by atoms with E-state index >= 15 is 0 Å². The quantitative estimate of drug-likeness (QED) is 0.855. The third-order valence-electron chi connectivity index (χ3n) is 4.69. The monoisotopic (exact) mass is 300 g/mol. The third-order valence-corrected chi connectivity index (χ3v) is 4.69. The summed E-state index contributed by atoms with van der Waals surface area (Å²) >= 11 is 0. The number of hydrogen-bond acceptors (Lipinski definition) is 3. The SMILES string of the molecule is O=C(c1noc2c1CCCC2)N1CC[C@H]1c1ccc(F)cc1. The molecule has 1 fully saturated rings. The van der Waals surface area contributed by atoms with Gasteiger partial charge in [-0.05, 0) is 43.4 Å². The number of nitrogens with zero attached hydrogens (tertiary/aromatic N) is 2. The fourth-order valence-corrected chi connectivity index (χ4v) is 3.35. The van der Waals surface area contributed by atoms with Gasteiger partial charge in [-0.25, -0.2) is 4.39 Å². The lowest BCUT2D eigenvalue weighted by atomic mass is 9.92. The number of rotatable bonds is 2. The summed E-state index contributed by atoms with van der Waals surface area (Å²) in [7, 11) is 0. The third kappa shape index (κ3) is 2.12. The van der Waals surface area contributed by atoms with E-state index in [0.717, 1.165) is 49.0 Å². The van der Waals surface area contributed by atoms with Gasteiger partial charge in [0.15, 0.2) is 5.69 Å². The Labute approximate surface area is 127 Å². The molecule has 114 valence electrons. The highest BCUT2D eigenvalue weighted by Gasteiger charge is 2.37. The van der Waals surface area contributed by atoms with E-state index in [-0.39, 0.29) is 17.8 Å². The first kappa shape index (κ1) is 13.5. The van der Waals surface area contributed by atoms with Crippen LogP contribution in [0.5, 0.6) is 0 Å². The van der Waals surface area contributed by atoms with Gasteiger partial charge in [0.25, 0.3) is 5.91 Å². The van der Waals surface area contributed by atoms with Gasteiger partial charge in [0.1, 0.15) is 11.6 Å². The largest absolute Gasteiger partial charge is 0.360 e. The minimum absolute atomic E-state index is 0.0176. The molecule has 2 heterocycles. The number of aryl methyl sites for hydroxylation is 1. The molecule has 1 aromatic carbocycles. The van der Waals surface area contributed by atoms with Crippen LogP contribution in [0.3, 0.4) is 0 Å². The van der Waals surface area contributed by atoms with Crippen LogP contribution < -0.4 is 0 Å². The van der Waals surface area contributed by atoms with Crippen molar-refractivity contribution in [3.63, 3.8) is 0 Å². The molecule has 1 aliphatic heterocycles. The molecule has 5 heteroatoms. The Morgan fingerprint density at radius 3 is 2.73 bits per heavy atom. The number of likely N-dealkylation sites (tertiary alicyclic amines) is 1. The number of fused-ring (bicyclic) bond motifs is 1. The number of hydrogen-bond donors (Lipinski definition) is 0. The predicted octanol–water partition coefficient (Wildman–Crippen LogP) is 3.28. The Balaban J connectivity index is 1.58. The lowest BCUT2D eigenvalue weighted by Gasteiger charge is -2.41. The van der Waals surface area contributed by atoms with Crippen molar-refractivity contribution in [2.45, 2.75) is 38.1 Å². The summed E-state index contributed by atoms with van der Waals surface area (Å²) in [6.45, 7) is 0.711. The van der Waals surface area contributed by atoms with Gasteiger partial charge < -0.3 is 9.42 Å². The molecule has 1 amide bonds. The summed E-state index contributed by atoms with van der Waals surface area (Å²) in [6, 6.07) is 6.39. The molecule has 1 atom stereocenters. The first-order valence-electron chi connectivity index (χ1n) is 7.78. The van der Waals surface area contributed by atoms with Crippen molar-refractivity contribution in [3.05, 3.63) is 52.7 Å². The minimum Gasteiger partial charge on any atom is -0.360 e. The molecular formula is C17H17FN2O2. The number of benzene rings is 1. The second kappa shape index (κ2) is 5.23. The highest BCUT2D eigenvalue weighted by molar-refractivity contribution is 5.94. The van der Waals surface area contributed by atoms with Gasteiger partial charge in [0.2, 0.25) is 0 Å².